The first-order valence-corrected chi connectivity index (χ1v) is 7.55. The molecule has 2 nitrogen and oxygen atoms in total. The second-order valence-corrected chi connectivity index (χ2v) is 8.31. The van der Waals surface area contributed by atoms with Crippen molar-refractivity contribution in [1.82, 2.24) is 5.32 Å². The zero-order valence-corrected chi connectivity index (χ0v) is 13.1. The number of thioether (sulfide) groups is 1. The summed E-state index contributed by atoms with van der Waals surface area (Å²) in [6.07, 6.45) is 2.44. The van der Waals surface area contributed by atoms with Gasteiger partial charge >= 0.3 is 0 Å². The lowest BCUT2D eigenvalue weighted by atomic mass is 9.90. The minimum atomic E-state index is 0.366. The number of nitrogens with one attached hydrogen (secondary N) is 1. The van der Waals surface area contributed by atoms with E-state index >= 15 is 0 Å². The second kappa shape index (κ2) is 5.64. The number of aliphatic imine (C=N–C) groups is 1. The van der Waals surface area contributed by atoms with Gasteiger partial charge in [-0.3, -0.25) is 4.99 Å². The third-order valence-corrected chi connectivity index (χ3v) is 4.38. The first kappa shape index (κ1) is 14.9. The number of rotatable bonds is 4. The lowest BCUT2D eigenvalue weighted by Crippen LogP contribution is -2.31. The van der Waals surface area contributed by atoms with E-state index < -0.39 is 0 Å². The molecule has 0 spiro atoms. The predicted molar refractivity (Wildman–Crippen MR) is 79.8 cm³/mol. The smallest absolute Gasteiger partial charge is 0.156 e. The van der Waals surface area contributed by atoms with Crippen LogP contribution in [0.1, 0.15) is 54.4 Å². The summed E-state index contributed by atoms with van der Waals surface area (Å²) in [5.74, 6) is 0. The van der Waals surface area contributed by atoms with Crippen LogP contribution in [0.4, 0.5) is 0 Å². The van der Waals surface area contributed by atoms with Crippen LogP contribution in [0.5, 0.6) is 0 Å². The molecular weight excluding hydrogens is 228 g/mol. The average molecular weight is 256 g/mol. The van der Waals surface area contributed by atoms with Gasteiger partial charge < -0.3 is 5.32 Å². The summed E-state index contributed by atoms with van der Waals surface area (Å²) >= 11 is 1.93. The molecule has 0 radical (unpaired) electrons. The zero-order valence-electron chi connectivity index (χ0n) is 12.3. The Morgan fingerprint density at radius 3 is 2.47 bits per heavy atom. The molecule has 3 heteroatoms. The molecule has 0 amide bonds. The van der Waals surface area contributed by atoms with Gasteiger partial charge in [0.15, 0.2) is 5.17 Å². The Morgan fingerprint density at radius 2 is 1.94 bits per heavy atom. The molecule has 1 aliphatic rings. The van der Waals surface area contributed by atoms with E-state index in [-0.39, 0.29) is 0 Å². The summed E-state index contributed by atoms with van der Waals surface area (Å²) in [7, 11) is 0. The van der Waals surface area contributed by atoms with Crippen molar-refractivity contribution in [3.05, 3.63) is 0 Å². The Morgan fingerprint density at radius 1 is 1.29 bits per heavy atom. The van der Waals surface area contributed by atoms with Crippen molar-refractivity contribution in [3.8, 4) is 0 Å². The molecule has 1 rings (SSSR count). The number of hydrogen-bond donors (Lipinski definition) is 1. The highest BCUT2D eigenvalue weighted by atomic mass is 32.2. The summed E-state index contributed by atoms with van der Waals surface area (Å²) in [6.45, 7) is 15.8. The maximum Gasteiger partial charge on any atom is 0.156 e. The maximum atomic E-state index is 4.61. The first-order valence-electron chi connectivity index (χ1n) is 6.67. The summed E-state index contributed by atoms with van der Waals surface area (Å²) in [5.41, 5.74) is 0.774. The summed E-state index contributed by atoms with van der Waals surface area (Å²) in [6, 6.07) is 0. The van der Waals surface area contributed by atoms with E-state index in [0.717, 1.165) is 18.3 Å². The molecule has 0 aromatic carbocycles. The Labute approximate surface area is 111 Å². The highest BCUT2D eigenvalue weighted by Gasteiger charge is 2.25. The third-order valence-electron chi connectivity index (χ3n) is 3.23. The van der Waals surface area contributed by atoms with E-state index in [1.54, 1.807) is 0 Å². The predicted octanol–water partition coefficient (Wildman–Crippen LogP) is 3.92. The van der Waals surface area contributed by atoms with Crippen LogP contribution in [0.25, 0.3) is 0 Å². The second-order valence-electron chi connectivity index (χ2n) is 7.02. The van der Waals surface area contributed by atoms with Gasteiger partial charge in [-0.1, -0.05) is 53.3 Å². The lowest BCUT2D eigenvalue weighted by molar-refractivity contribution is 0.350. The zero-order chi connectivity index (χ0) is 13.1. The Balaban J connectivity index is 2.31. The molecule has 1 atom stereocenters. The Kier molecular flexibility index (Phi) is 4.94. The highest BCUT2D eigenvalue weighted by molar-refractivity contribution is 8.14. The third kappa shape index (κ3) is 5.80. The molecule has 0 saturated carbocycles. The highest BCUT2D eigenvalue weighted by Crippen LogP contribution is 2.31. The minimum Gasteiger partial charge on any atom is -0.364 e. The molecule has 1 heterocycles. The molecule has 0 saturated heterocycles. The standard InChI is InChI=1S/C14H28N2S/c1-7-14(5,6)10-16-12-15-9-11(17-12)8-13(2,3)4/h11H,7-10H2,1-6H3,(H,15,16). The van der Waals surface area contributed by atoms with Gasteiger partial charge in [0.05, 0.1) is 6.54 Å². The fraction of sp³-hybridized carbons (Fsp3) is 0.929. The van der Waals surface area contributed by atoms with Gasteiger partial charge in [-0.25, -0.2) is 0 Å². The van der Waals surface area contributed by atoms with Gasteiger partial charge in [0.2, 0.25) is 0 Å². The summed E-state index contributed by atoms with van der Waals surface area (Å²) in [5, 5.41) is 5.32. The number of amidine groups is 1. The van der Waals surface area contributed by atoms with E-state index in [1.807, 2.05) is 11.8 Å². The van der Waals surface area contributed by atoms with Crippen molar-refractivity contribution in [2.24, 2.45) is 15.8 Å². The van der Waals surface area contributed by atoms with Gasteiger partial charge in [-0.15, -0.1) is 0 Å². The van der Waals surface area contributed by atoms with Crippen LogP contribution in [0.15, 0.2) is 4.99 Å². The summed E-state index contributed by atoms with van der Waals surface area (Å²) in [4.78, 5) is 4.61. The van der Waals surface area contributed by atoms with Crippen molar-refractivity contribution < 1.29 is 0 Å². The Hall–Kier alpha value is -0.180. The normalized spacial score (nSPS) is 21.5. The molecule has 1 N–H and O–H groups in total. The van der Waals surface area contributed by atoms with Gasteiger partial charge in [0, 0.05) is 11.8 Å². The Bertz CT molecular complexity index is 276. The van der Waals surface area contributed by atoms with Crippen molar-refractivity contribution in [1.29, 1.82) is 0 Å². The molecule has 0 aliphatic carbocycles. The molecule has 1 aliphatic heterocycles. The molecule has 0 aromatic heterocycles. The van der Waals surface area contributed by atoms with Crippen LogP contribution < -0.4 is 5.32 Å². The van der Waals surface area contributed by atoms with Crippen LogP contribution in [0.3, 0.4) is 0 Å². The van der Waals surface area contributed by atoms with Crippen molar-refractivity contribution >= 4 is 16.9 Å². The first-order chi connectivity index (χ1) is 7.72. The largest absolute Gasteiger partial charge is 0.364 e. The maximum absolute atomic E-state index is 4.61. The van der Waals surface area contributed by atoms with E-state index in [9.17, 15) is 0 Å². The molecule has 17 heavy (non-hydrogen) atoms. The van der Waals surface area contributed by atoms with E-state index in [1.165, 1.54) is 12.8 Å². The molecule has 100 valence electrons. The minimum absolute atomic E-state index is 0.366. The van der Waals surface area contributed by atoms with Crippen LogP contribution >= 0.6 is 11.8 Å². The number of nitrogens with zero attached hydrogens (tertiary/aromatic N) is 1. The average Bonchev–Trinajstić information content (AvgIpc) is 2.60. The quantitative estimate of drug-likeness (QED) is 0.824. The van der Waals surface area contributed by atoms with Gasteiger partial charge in [-0.05, 0) is 23.7 Å². The van der Waals surface area contributed by atoms with Crippen LogP contribution in [0.2, 0.25) is 0 Å². The van der Waals surface area contributed by atoms with Gasteiger partial charge in [-0.2, -0.15) is 0 Å². The molecule has 0 aromatic rings. The lowest BCUT2D eigenvalue weighted by Gasteiger charge is -2.24. The van der Waals surface area contributed by atoms with Crippen LogP contribution in [0, 0.1) is 10.8 Å². The molecule has 0 fully saturated rings. The molecule has 1 unspecified atom stereocenters. The summed E-state index contributed by atoms with van der Waals surface area (Å²) < 4.78 is 0. The number of hydrogen-bond acceptors (Lipinski definition) is 3. The molecular formula is C14H28N2S. The van der Waals surface area contributed by atoms with E-state index in [0.29, 0.717) is 16.1 Å². The topological polar surface area (TPSA) is 24.4 Å². The monoisotopic (exact) mass is 256 g/mol. The molecule has 0 bridgehead atoms. The van der Waals surface area contributed by atoms with E-state index in [2.05, 4.69) is 51.9 Å². The van der Waals surface area contributed by atoms with Crippen LogP contribution in [-0.4, -0.2) is 23.5 Å². The fourth-order valence-electron chi connectivity index (χ4n) is 1.74. The van der Waals surface area contributed by atoms with Crippen LogP contribution in [-0.2, 0) is 0 Å². The van der Waals surface area contributed by atoms with Gasteiger partial charge in [0.1, 0.15) is 0 Å². The fourth-order valence-corrected chi connectivity index (χ4v) is 3.10. The van der Waals surface area contributed by atoms with Crippen molar-refractivity contribution in [3.63, 3.8) is 0 Å². The van der Waals surface area contributed by atoms with E-state index in [4.69, 9.17) is 0 Å². The van der Waals surface area contributed by atoms with Crippen molar-refractivity contribution in [2.45, 2.75) is 59.6 Å². The van der Waals surface area contributed by atoms with Crippen molar-refractivity contribution in [2.75, 3.05) is 13.1 Å². The SMILES string of the molecule is CCC(C)(C)CNC1=NCC(CC(C)(C)C)S1. The van der Waals surface area contributed by atoms with Gasteiger partial charge in [0.25, 0.3) is 0 Å².